The molecule has 2 aromatic carbocycles. The van der Waals surface area contributed by atoms with E-state index in [1.807, 2.05) is 48.0 Å². The van der Waals surface area contributed by atoms with Crippen molar-refractivity contribution in [2.75, 3.05) is 0 Å². The van der Waals surface area contributed by atoms with Gasteiger partial charge in [-0.2, -0.15) is 5.10 Å². The fourth-order valence-corrected chi connectivity index (χ4v) is 4.88. The van der Waals surface area contributed by atoms with E-state index in [1.54, 1.807) is 31.0 Å². The zero-order valence-electron chi connectivity index (χ0n) is 21.6. The highest BCUT2D eigenvalue weighted by Crippen LogP contribution is 2.33. The molecular formula is C30H24FN9. The Balaban J connectivity index is 1.22. The fraction of sp³-hybridized carbons (Fsp3) is 0.100. The summed E-state index contributed by atoms with van der Waals surface area (Å²) in [7, 11) is 0. The molecule has 0 amide bonds. The Bertz CT molecular complexity index is 1970. The van der Waals surface area contributed by atoms with E-state index in [0.717, 1.165) is 28.7 Å². The first kappa shape index (κ1) is 23.9. The number of imidazole rings is 2. The Kier molecular flexibility index (Phi) is 5.86. The summed E-state index contributed by atoms with van der Waals surface area (Å²) < 4.78 is 17.1. The predicted molar refractivity (Wildman–Crippen MR) is 151 cm³/mol. The molecule has 5 heterocycles. The minimum absolute atomic E-state index is 0.356. The molecule has 0 unspecified atom stereocenters. The number of nitrogens with zero attached hydrogens (tertiary/aromatic N) is 6. The van der Waals surface area contributed by atoms with Crippen molar-refractivity contribution in [3.8, 4) is 28.5 Å². The number of nitrogens with one attached hydrogen (secondary N) is 3. The van der Waals surface area contributed by atoms with Gasteiger partial charge in [-0.25, -0.2) is 19.3 Å². The van der Waals surface area contributed by atoms with Crippen molar-refractivity contribution < 1.29 is 4.39 Å². The lowest BCUT2D eigenvalue weighted by atomic mass is 10.0. The van der Waals surface area contributed by atoms with Crippen LogP contribution in [0.1, 0.15) is 16.8 Å². The molecule has 196 valence electrons. The van der Waals surface area contributed by atoms with Crippen LogP contribution in [0.4, 0.5) is 4.39 Å². The summed E-state index contributed by atoms with van der Waals surface area (Å²) in [5, 5.41) is 11.6. The highest BCUT2D eigenvalue weighted by atomic mass is 19.1. The molecule has 0 saturated carbocycles. The first-order valence-corrected chi connectivity index (χ1v) is 12.8. The summed E-state index contributed by atoms with van der Waals surface area (Å²) in [6, 6.07) is 17.3. The van der Waals surface area contributed by atoms with E-state index in [-0.39, 0.29) is 5.82 Å². The van der Waals surface area contributed by atoms with Gasteiger partial charge in [-0.05, 0) is 36.2 Å². The zero-order chi connectivity index (χ0) is 27.1. The average molecular weight is 530 g/mol. The number of aromatic nitrogens is 8. The number of benzene rings is 2. The largest absolute Gasteiger partial charge is 0.336 e. The Morgan fingerprint density at radius 1 is 0.950 bits per heavy atom. The lowest BCUT2D eigenvalue weighted by Gasteiger charge is -2.08. The third-order valence-electron chi connectivity index (χ3n) is 6.82. The first-order chi connectivity index (χ1) is 19.6. The summed E-state index contributed by atoms with van der Waals surface area (Å²) in [5.74, 6) is 0.864. The van der Waals surface area contributed by atoms with Crippen LogP contribution in [0.3, 0.4) is 0 Å². The number of pyridine rings is 2. The van der Waals surface area contributed by atoms with Gasteiger partial charge in [0.2, 0.25) is 0 Å². The highest BCUT2D eigenvalue weighted by molar-refractivity contribution is 5.96. The van der Waals surface area contributed by atoms with Crippen LogP contribution < -0.4 is 5.32 Å². The van der Waals surface area contributed by atoms with E-state index in [2.05, 4.69) is 47.6 Å². The second-order valence-corrected chi connectivity index (χ2v) is 9.66. The Hall–Kier alpha value is -5.22. The molecule has 0 aliphatic rings. The Labute approximate surface area is 228 Å². The number of aryl methyl sites for hydroxylation is 1. The normalized spacial score (nSPS) is 11.6. The maximum atomic E-state index is 15.3. The van der Waals surface area contributed by atoms with Crippen molar-refractivity contribution in [1.82, 2.24) is 45.0 Å². The lowest BCUT2D eigenvalue weighted by Crippen LogP contribution is -2.12. The fourth-order valence-electron chi connectivity index (χ4n) is 4.88. The Morgan fingerprint density at radius 2 is 1.82 bits per heavy atom. The number of aromatic amines is 2. The van der Waals surface area contributed by atoms with Crippen molar-refractivity contribution in [2.45, 2.75) is 20.0 Å². The summed E-state index contributed by atoms with van der Waals surface area (Å²) >= 11 is 0. The van der Waals surface area contributed by atoms with Crippen LogP contribution in [0.5, 0.6) is 0 Å². The van der Waals surface area contributed by atoms with Crippen LogP contribution in [0, 0.1) is 12.7 Å². The van der Waals surface area contributed by atoms with Gasteiger partial charge in [0, 0.05) is 60.5 Å². The smallest absolute Gasteiger partial charge is 0.166 e. The van der Waals surface area contributed by atoms with E-state index in [1.165, 1.54) is 11.6 Å². The quantitative estimate of drug-likeness (QED) is 0.252. The average Bonchev–Trinajstić information content (AvgIpc) is 3.71. The van der Waals surface area contributed by atoms with Crippen LogP contribution >= 0.6 is 0 Å². The lowest BCUT2D eigenvalue weighted by molar-refractivity contribution is 0.632. The number of fused-ring (bicyclic) bond motifs is 2. The van der Waals surface area contributed by atoms with E-state index in [4.69, 9.17) is 4.98 Å². The van der Waals surface area contributed by atoms with Gasteiger partial charge >= 0.3 is 0 Å². The van der Waals surface area contributed by atoms with Crippen molar-refractivity contribution >= 4 is 21.9 Å². The SMILES string of the molecule is Cc1cn(-c2nccc3[nH]c(-c4n[nH]c5cc(F)c(-c6cncc(CNCc7ccccc7)c6)cc45)nc23)cn1. The highest BCUT2D eigenvalue weighted by Gasteiger charge is 2.18. The summed E-state index contributed by atoms with van der Waals surface area (Å²) in [5.41, 5.74) is 6.85. The van der Waals surface area contributed by atoms with Gasteiger partial charge in [0.05, 0.1) is 16.7 Å². The molecule has 0 saturated heterocycles. The van der Waals surface area contributed by atoms with Crippen LogP contribution in [-0.2, 0) is 13.1 Å². The molecule has 5 aromatic heterocycles. The molecule has 0 bridgehead atoms. The zero-order valence-corrected chi connectivity index (χ0v) is 21.6. The van der Waals surface area contributed by atoms with Gasteiger partial charge < -0.3 is 10.3 Å². The third-order valence-corrected chi connectivity index (χ3v) is 6.82. The van der Waals surface area contributed by atoms with Gasteiger partial charge in [0.25, 0.3) is 0 Å². The molecular weight excluding hydrogens is 505 g/mol. The van der Waals surface area contributed by atoms with E-state index >= 15 is 4.39 Å². The number of hydrogen-bond donors (Lipinski definition) is 3. The molecule has 9 nitrogen and oxygen atoms in total. The van der Waals surface area contributed by atoms with Crippen LogP contribution in [0.2, 0.25) is 0 Å². The monoisotopic (exact) mass is 529 g/mol. The minimum atomic E-state index is -0.356. The van der Waals surface area contributed by atoms with Crippen LogP contribution in [-0.4, -0.2) is 39.7 Å². The molecule has 0 aliphatic carbocycles. The van der Waals surface area contributed by atoms with Crippen molar-refractivity contribution in [3.63, 3.8) is 0 Å². The van der Waals surface area contributed by atoms with Gasteiger partial charge in [-0.15, -0.1) is 0 Å². The molecule has 0 spiro atoms. The maximum Gasteiger partial charge on any atom is 0.166 e. The molecule has 40 heavy (non-hydrogen) atoms. The number of halogens is 1. The van der Waals surface area contributed by atoms with Gasteiger partial charge in [0.1, 0.15) is 23.4 Å². The van der Waals surface area contributed by atoms with E-state index < -0.39 is 0 Å². The topological polar surface area (TPSA) is 113 Å². The summed E-state index contributed by atoms with van der Waals surface area (Å²) in [6.45, 7) is 3.27. The number of rotatable bonds is 7. The molecule has 0 radical (unpaired) electrons. The van der Waals surface area contributed by atoms with E-state index in [0.29, 0.717) is 46.0 Å². The molecule has 3 N–H and O–H groups in total. The van der Waals surface area contributed by atoms with Crippen LogP contribution in [0.15, 0.2) is 85.7 Å². The summed E-state index contributed by atoms with van der Waals surface area (Å²) in [6.07, 6.45) is 8.80. The molecule has 7 rings (SSSR count). The van der Waals surface area contributed by atoms with Crippen molar-refractivity contribution in [3.05, 3.63) is 108 Å². The van der Waals surface area contributed by atoms with E-state index in [9.17, 15) is 0 Å². The second kappa shape index (κ2) is 9.83. The van der Waals surface area contributed by atoms with Gasteiger partial charge in [-0.3, -0.25) is 14.6 Å². The van der Waals surface area contributed by atoms with Crippen LogP contribution in [0.25, 0.3) is 50.4 Å². The number of hydrogen-bond acceptors (Lipinski definition) is 6. The third kappa shape index (κ3) is 4.40. The molecule has 0 fully saturated rings. The summed E-state index contributed by atoms with van der Waals surface area (Å²) in [4.78, 5) is 21.4. The minimum Gasteiger partial charge on any atom is -0.336 e. The van der Waals surface area contributed by atoms with Crippen molar-refractivity contribution in [2.24, 2.45) is 0 Å². The molecule has 0 atom stereocenters. The Morgan fingerprint density at radius 3 is 2.67 bits per heavy atom. The standard InChI is InChI=1S/C30H24FN9/c1-18-16-40(17-35-18)30-28-25(7-8-34-30)36-29(37-28)27-23-10-22(24(31)11-26(23)38-39-27)21-9-20(14-33-15-21)13-32-12-19-5-3-2-4-6-19/h2-11,14-17,32H,12-13H2,1H3,(H,36,37)(H,38,39). The number of H-pyrrole nitrogens is 2. The van der Waals surface area contributed by atoms with Gasteiger partial charge in [0.15, 0.2) is 11.6 Å². The van der Waals surface area contributed by atoms with Gasteiger partial charge in [-0.1, -0.05) is 30.3 Å². The molecule has 0 aliphatic heterocycles. The maximum absolute atomic E-state index is 15.3. The molecule has 7 aromatic rings. The van der Waals surface area contributed by atoms with Crippen molar-refractivity contribution in [1.29, 1.82) is 0 Å². The molecule has 10 heteroatoms. The first-order valence-electron chi connectivity index (χ1n) is 12.8. The predicted octanol–water partition coefficient (Wildman–Crippen LogP) is 5.49. The second-order valence-electron chi connectivity index (χ2n) is 9.66.